The Morgan fingerprint density at radius 3 is 2.27 bits per heavy atom. The van der Waals surface area contributed by atoms with Crippen molar-refractivity contribution in [3.8, 4) is 21.6 Å². The number of amides is 2. The van der Waals surface area contributed by atoms with Crippen molar-refractivity contribution in [1.29, 1.82) is 0 Å². The second-order valence-electron chi connectivity index (χ2n) is 23.6. The number of piperidine rings is 1. The first-order valence-electron chi connectivity index (χ1n) is 28.6. The number of fused-ring (bicyclic) bond motifs is 1. The summed E-state index contributed by atoms with van der Waals surface area (Å²) >= 11 is -1.25. The number of H-pyrrole nitrogens is 1. The number of hydrogen-bond donors (Lipinski definition) is 4. The third-order valence-corrected chi connectivity index (χ3v) is 18.9. The molecule has 4 aliphatic heterocycles. The van der Waals surface area contributed by atoms with Gasteiger partial charge in [0.05, 0.1) is 46.0 Å². The number of piperazine rings is 1. The summed E-state index contributed by atoms with van der Waals surface area (Å²) in [6.07, 6.45) is 3.09. The number of rotatable bonds is 18. The molecule has 3 aromatic carbocycles. The van der Waals surface area contributed by atoms with Gasteiger partial charge in [-0.25, -0.2) is 32.4 Å². The summed E-state index contributed by atoms with van der Waals surface area (Å²) < 4.78 is 74.5. The minimum atomic E-state index is -2.83. The van der Waals surface area contributed by atoms with Gasteiger partial charge in [0.2, 0.25) is 17.6 Å². The van der Waals surface area contributed by atoms with Crippen LogP contribution >= 0.6 is 11.3 Å². The van der Waals surface area contributed by atoms with Gasteiger partial charge in [-0.05, 0) is 98.4 Å². The van der Waals surface area contributed by atoms with E-state index in [-0.39, 0.29) is 55.9 Å². The van der Waals surface area contributed by atoms with Crippen LogP contribution in [0.25, 0.3) is 32.6 Å². The Morgan fingerprint density at radius 1 is 0.905 bits per heavy atom. The zero-order valence-corrected chi connectivity index (χ0v) is 49.3. The first-order chi connectivity index (χ1) is 40.3. The van der Waals surface area contributed by atoms with Crippen LogP contribution in [-0.2, 0) is 20.9 Å². The van der Waals surface area contributed by atoms with Gasteiger partial charge in [-0.15, -0.1) is 11.3 Å². The van der Waals surface area contributed by atoms with Crippen LogP contribution in [0, 0.1) is 36.8 Å². The van der Waals surface area contributed by atoms with E-state index in [0.717, 1.165) is 104 Å². The van der Waals surface area contributed by atoms with Crippen LogP contribution in [0.5, 0.6) is 0 Å². The monoisotopic (exact) mass is 1190 g/mol. The standard InChI is InChI=1S/C61H70F3N11O7S2/c1-36-26-52(82-69-36)54(60(79)74-33-46(76)28-51(74)59(78)68-37(2)40-6-8-42(9-7-40)57-38(3)67-35-83-57)61(4,5)34-71-24-22-70(23-25-71)31-39-16-19-72(20-17-39)45-12-10-41(11-13-45)43-27-47-48(30-66-58(47)65-29-43)56(77)53-49(63)14-15-50(55(53)64)75(84(80)81)73-21-18-44(62)32-73/h6-15,26-27,29-30,35,37,39,44,46,51,54,76H,16-25,28,31-34H2,1-5H3,(H,65,66)(H,68,78)(H,80,81)/t37-,44+,46+,51-,54?/m0/s1. The van der Waals surface area contributed by atoms with Crippen LogP contribution in [0.15, 0.2) is 95.2 Å². The van der Waals surface area contributed by atoms with Crippen LogP contribution in [0.1, 0.15) is 97.0 Å². The number of pyridine rings is 1. The molecule has 0 bridgehead atoms. The lowest BCUT2D eigenvalue weighted by atomic mass is 9.75. The molecule has 4 aromatic heterocycles. The van der Waals surface area contributed by atoms with Gasteiger partial charge >= 0.3 is 0 Å². The molecule has 4 saturated heterocycles. The quantitative estimate of drug-likeness (QED) is 0.0468. The van der Waals surface area contributed by atoms with E-state index in [1.54, 1.807) is 34.6 Å². The average molecular weight is 1190 g/mol. The molecule has 0 saturated carbocycles. The molecule has 84 heavy (non-hydrogen) atoms. The van der Waals surface area contributed by atoms with Gasteiger partial charge < -0.3 is 39.5 Å². The largest absolute Gasteiger partial charge is 0.391 e. The fourth-order valence-corrected chi connectivity index (χ4v) is 14.2. The third kappa shape index (κ3) is 12.3. The Bertz CT molecular complexity index is 3550. The molecule has 18 nitrogen and oxygen atoms in total. The van der Waals surface area contributed by atoms with E-state index in [1.165, 1.54) is 11.2 Å². The maximum atomic E-state index is 16.2. The van der Waals surface area contributed by atoms with Gasteiger partial charge in [-0.2, -0.15) is 4.41 Å². The number of anilines is 2. The Morgan fingerprint density at radius 2 is 1.62 bits per heavy atom. The highest BCUT2D eigenvalue weighted by Crippen LogP contribution is 2.41. The number of alkyl halides is 1. The summed E-state index contributed by atoms with van der Waals surface area (Å²) in [7, 11) is 0. The number of likely N-dealkylation sites (tertiary alicyclic amines) is 1. The Labute approximate surface area is 492 Å². The van der Waals surface area contributed by atoms with Gasteiger partial charge in [-0.1, -0.05) is 55.4 Å². The van der Waals surface area contributed by atoms with Crippen molar-refractivity contribution >= 4 is 62.6 Å². The van der Waals surface area contributed by atoms with Gasteiger partial charge in [0.1, 0.15) is 41.0 Å². The van der Waals surface area contributed by atoms with Crippen molar-refractivity contribution in [3.63, 3.8) is 0 Å². The van der Waals surface area contributed by atoms with Crippen LogP contribution in [0.2, 0.25) is 0 Å². The number of ketones is 1. The molecular formula is C61H70F3N11O7S2. The van der Waals surface area contributed by atoms with E-state index in [2.05, 4.69) is 66.1 Å². The highest BCUT2D eigenvalue weighted by Gasteiger charge is 2.48. The predicted molar refractivity (Wildman–Crippen MR) is 316 cm³/mol. The number of benzene rings is 3. The number of carbonyl (C=O) groups excluding carboxylic acids is 3. The molecule has 4 aliphatic rings. The topological polar surface area (TPSA) is 208 Å². The number of β-amino-alcohol motifs (C(OH)–C–C–N with tert-alkyl or cyclic N) is 1. The molecule has 7 aromatic rings. The molecule has 2 amide bonds. The SMILES string of the molecule is Cc1cc(C(C(=O)N2C[C@H](O)C[C@H]2C(=O)N[C@@H](C)c2ccc(-c3scnc3C)cc2)C(C)(C)CN2CCN(CC3CCN(c4ccc(-c5cnc6[nH]cc(C(=O)c7c(F)ccc(N(N8CC[C@@H](F)C8)S(=O)O)c7F)c6c5)cc4)CC3)CC2)on1. The number of aryl methyl sites for hydroxylation is 2. The van der Waals surface area contributed by atoms with E-state index in [0.29, 0.717) is 44.9 Å². The Hall–Kier alpha value is -6.86. The van der Waals surface area contributed by atoms with E-state index >= 15 is 8.78 Å². The second-order valence-corrected chi connectivity index (χ2v) is 25.2. The summed E-state index contributed by atoms with van der Waals surface area (Å²) in [5.74, 6) is -3.87. The molecule has 6 atom stereocenters. The van der Waals surface area contributed by atoms with E-state index in [4.69, 9.17) is 4.52 Å². The molecule has 4 fully saturated rings. The highest BCUT2D eigenvalue weighted by molar-refractivity contribution is 7.80. The number of hydrazine groups is 1. The zero-order valence-electron chi connectivity index (χ0n) is 47.6. The van der Waals surface area contributed by atoms with Crippen LogP contribution in [0.3, 0.4) is 0 Å². The summed E-state index contributed by atoms with van der Waals surface area (Å²) in [6.45, 7) is 16.5. The molecule has 4 N–H and O–H groups in total. The van der Waals surface area contributed by atoms with Crippen molar-refractivity contribution in [3.05, 3.63) is 136 Å². The lowest BCUT2D eigenvalue weighted by Gasteiger charge is -2.43. The smallest absolute Gasteiger partial charge is 0.277 e. The fraction of sp³-hybridized carbons (Fsp3) is 0.443. The molecule has 11 rings (SSSR count). The van der Waals surface area contributed by atoms with E-state index in [1.807, 2.05) is 62.7 Å². The number of aromatic nitrogens is 4. The van der Waals surface area contributed by atoms with Gasteiger partial charge in [0, 0.05) is 113 Å². The number of nitrogens with zero attached hydrogens (tertiary/aromatic N) is 9. The lowest BCUT2D eigenvalue weighted by Crippen LogP contribution is -2.54. The Kier molecular flexibility index (Phi) is 17.3. The lowest BCUT2D eigenvalue weighted by molar-refractivity contribution is -0.143. The van der Waals surface area contributed by atoms with E-state index in [9.17, 15) is 32.6 Å². The molecule has 2 unspecified atom stereocenters. The number of aliphatic hydroxyl groups is 1. The average Bonchev–Trinajstić information content (AvgIpc) is 2.82. The summed E-state index contributed by atoms with van der Waals surface area (Å²) in [4.78, 5) is 64.7. The highest BCUT2D eigenvalue weighted by atomic mass is 32.2. The number of aliphatic hydroxyl groups excluding tert-OH is 1. The van der Waals surface area contributed by atoms with Crippen molar-refractivity contribution in [2.75, 3.05) is 81.3 Å². The third-order valence-electron chi connectivity index (χ3n) is 17.2. The van der Waals surface area contributed by atoms with Crippen LogP contribution in [-0.4, -0.2) is 162 Å². The summed E-state index contributed by atoms with van der Waals surface area (Å²) in [6, 6.07) is 20.3. The molecule has 0 spiro atoms. The minimum absolute atomic E-state index is 0.0291. The molecule has 8 heterocycles. The number of halogens is 3. The van der Waals surface area contributed by atoms with Gasteiger partial charge in [0.15, 0.2) is 5.82 Å². The molecule has 0 radical (unpaired) electrons. The molecular weight excluding hydrogens is 1120 g/mol. The normalized spacial score (nSPS) is 20.6. The van der Waals surface area contributed by atoms with Gasteiger partial charge in [-0.3, -0.25) is 18.9 Å². The second kappa shape index (κ2) is 24.6. The van der Waals surface area contributed by atoms with Crippen molar-refractivity contribution < 1.29 is 45.9 Å². The first-order valence-corrected chi connectivity index (χ1v) is 30.6. The maximum Gasteiger partial charge on any atom is 0.277 e. The number of hydrogen-bond acceptors (Lipinski definition) is 14. The summed E-state index contributed by atoms with van der Waals surface area (Å²) in [5, 5.41) is 19.8. The van der Waals surface area contributed by atoms with Crippen molar-refractivity contribution in [2.45, 2.75) is 90.6 Å². The Balaban J connectivity index is 0.677. The molecule has 23 heteroatoms. The fourth-order valence-electron chi connectivity index (χ4n) is 12.7. The van der Waals surface area contributed by atoms with Crippen molar-refractivity contribution in [2.24, 2.45) is 11.3 Å². The number of aromatic amines is 1. The number of nitrogens with one attached hydrogen (secondary N) is 2. The van der Waals surface area contributed by atoms with Crippen LogP contribution in [0.4, 0.5) is 24.5 Å². The predicted octanol–water partition coefficient (Wildman–Crippen LogP) is 8.85. The zero-order chi connectivity index (χ0) is 59.1. The number of thiazole rings is 1. The first kappa shape index (κ1) is 58.9. The number of carbonyl (C=O) groups is 3. The molecule has 444 valence electrons. The van der Waals surface area contributed by atoms with Gasteiger partial charge in [0.25, 0.3) is 11.3 Å². The van der Waals surface area contributed by atoms with Crippen molar-refractivity contribution in [1.82, 2.24) is 45.1 Å². The summed E-state index contributed by atoms with van der Waals surface area (Å²) in [5.41, 5.74) is 6.22. The maximum absolute atomic E-state index is 16.2. The minimum Gasteiger partial charge on any atom is -0.391 e. The van der Waals surface area contributed by atoms with Crippen LogP contribution < -0.4 is 14.6 Å². The van der Waals surface area contributed by atoms with E-state index < -0.39 is 69.6 Å². The molecule has 0 aliphatic carbocycles.